The molecule has 1 aromatic carbocycles. The Balaban J connectivity index is 1.33. The summed E-state index contributed by atoms with van der Waals surface area (Å²) in [4.78, 5) is 26.0. The highest BCUT2D eigenvalue weighted by Crippen LogP contribution is 2.22. The molecule has 2 aromatic rings. The molecular weight excluding hydrogens is 324 g/mol. The molecule has 1 fully saturated rings. The fourth-order valence-electron chi connectivity index (χ4n) is 2.46. The lowest BCUT2D eigenvalue weighted by molar-refractivity contribution is -0.121. The Morgan fingerprint density at radius 3 is 2.75 bits per heavy atom. The summed E-state index contributed by atoms with van der Waals surface area (Å²) in [7, 11) is 0. The van der Waals surface area contributed by atoms with E-state index in [-0.39, 0.29) is 17.1 Å². The normalized spacial score (nSPS) is 19.0. The van der Waals surface area contributed by atoms with Gasteiger partial charge < -0.3 is 9.73 Å². The lowest BCUT2D eigenvalue weighted by Gasteiger charge is -2.05. The molecule has 1 aromatic heterocycles. The number of rotatable bonds is 7. The molecule has 1 aliphatic rings. The van der Waals surface area contributed by atoms with Gasteiger partial charge in [-0.05, 0) is 19.1 Å². The summed E-state index contributed by atoms with van der Waals surface area (Å²) < 4.78 is 5.52. The molecule has 1 N–H and O–H groups in total. The molecule has 0 aliphatic carbocycles. The average Bonchev–Trinajstić information content (AvgIpc) is 3.24. The van der Waals surface area contributed by atoms with Crippen molar-refractivity contribution in [1.29, 1.82) is 0 Å². The van der Waals surface area contributed by atoms with Gasteiger partial charge in [0.15, 0.2) is 0 Å². The Kier molecular flexibility index (Phi) is 5.37. The van der Waals surface area contributed by atoms with Crippen molar-refractivity contribution in [1.82, 2.24) is 10.2 Å². The molecule has 6 heteroatoms. The van der Waals surface area contributed by atoms with Crippen molar-refractivity contribution in [2.45, 2.75) is 19.5 Å². The third-order valence-electron chi connectivity index (χ3n) is 3.82. The van der Waals surface area contributed by atoms with Crippen LogP contribution < -0.4 is 5.32 Å². The average molecular weight is 344 g/mol. The number of hydrogen-bond acceptors (Lipinski definition) is 5. The predicted molar refractivity (Wildman–Crippen MR) is 93.9 cm³/mol. The third kappa shape index (κ3) is 4.49. The predicted octanol–water partition coefficient (Wildman–Crippen LogP) is 2.46. The van der Waals surface area contributed by atoms with Crippen LogP contribution in [0.1, 0.15) is 21.9 Å². The van der Waals surface area contributed by atoms with Crippen LogP contribution in [0.25, 0.3) is 0 Å². The van der Waals surface area contributed by atoms with Crippen molar-refractivity contribution < 1.29 is 14.0 Å². The molecule has 1 saturated heterocycles. The SMILES string of the molecule is Cc1ccc(CN2CC2C(=O)NCCSC(=O)c2ccccc2)o1. The number of carbonyl (C=O) groups is 2. The van der Waals surface area contributed by atoms with Crippen LogP contribution in [0, 0.1) is 6.92 Å². The molecule has 0 radical (unpaired) electrons. The van der Waals surface area contributed by atoms with E-state index in [4.69, 9.17) is 4.42 Å². The smallest absolute Gasteiger partial charge is 0.238 e. The van der Waals surface area contributed by atoms with Crippen LogP contribution in [0.2, 0.25) is 0 Å². The van der Waals surface area contributed by atoms with Gasteiger partial charge in [-0.1, -0.05) is 42.1 Å². The van der Waals surface area contributed by atoms with E-state index in [0.717, 1.165) is 18.1 Å². The first-order chi connectivity index (χ1) is 11.6. The Bertz CT molecular complexity index is 714. The van der Waals surface area contributed by atoms with Gasteiger partial charge in [-0.3, -0.25) is 14.5 Å². The molecule has 24 heavy (non-hydrogen) atoms. The van der Waals surface area contributed by atoms with E-state index in [1.165, 1.54) is 11.8 Å². The number of furan rings is 1. The van der Waals surface area contributed by atoms with Crippen LogP contribution in [-0.4, -0.2) is 40.8 Å². The Morgan fingerprint density at radius 2 is 2.04 bits per heavy atom. The fraction of sp³-hybridized carbons (Fsp3) is 0.333. The first kappa shape index (κ1) is 16.8. The molecule has 2 unspecified atom stereocenters. The second kappa shape index (κ2) is 7.68. The van der Waals surface area contributed by atoms with Gasteiger partial charge in [0.05, 0.1) is 6.54 Å². The van der Waals surface area contributed by atoms with Crippen molar-refractivity contribution in [2.75, 3.05) is 18.8 Å². The minimum Gasteiger partial charge on any atom is -0.465 e. The van der Waals surface area contributed by atoms with Gasteiger partial charge >= 0.3 is 0 Å². The van der Waals surface area contributed by atoms with E-state index in [1.54, 1.807) is 12.1 Å². The van der Waals surface area contributed by atoms with Crippen molar-refractivity contribution in [3.63, 3.8) is 0 Å². The van der Waals surface area contributed by atoms with E-state index in [9.17, 15) is 9.59 Å². The maximum absolute atomic E-state index is 12.0. The first-order valence-electron chi connectivity index (χ1n) is 7.93. The number of aryl methyl sites for hydroxylation is 1. The second-order valence-electron chi connectivity index (χ2n) is 5.75. The van der Waals surface area contributed by atoms with Gasteiger partial charge in [0.1, 0.15) is 17.6 Å². The van der Waals surface area contributed by atoms with Crippen molar-refractivity contribution >= 4 is 22.8 Å². The Morgan fingerprint density at radius 1 is 1.25 bits per heavy atom. The monoisotopic (exact) mass is 344 g/mol. The molecule has 1 amide bonds. The van der Waals surface area contributed by atoms with Crippen LogP contribution in [-0.2, 0) is 11.3 Å². The lowest BCUT2D eigenvalue weighted by atomic mass is 10.2. The Hall–Kier alpha value is -2.05. The second-order valence-corrected chi connectivity index (χ2v) is 6.82. The summed E-state index contributed by atoms with van der Waals surface area (Å²) in [6.45, 7) is 3.81. The fourth-order valence-corrected chi connectivity index (χ4v) is 3.15. The number of carbonyl (C=O) groups excluding carboxylic acids is 2. The van der Waals surface area contributed by atoms with E-state index in [1.807, 2.05) is 37.3 Å². The maximum Gasteiger partial charge on any atom is 0.238 e. The highest BCUT2D eigenvalue weighted by molar-refractivity contribution is 8.14. The highest BCUT2D eigenvalue weighted by atomic mass is 32.2. The minimum atomic E-state index is -0.0785. The summed E-state index contributed by atoms with van der Waals surface area (Å²) in [5, 5.41) is 2.92. The van der Waals surface area contributed by atoms with Crippen LogP contribution >= 0.6 is 11.8 Å². The van der Waals surface area contributed by atoms with Gasteiger partial charge in [0.2, 0.25) is 11.0 Å². The summed E-state index contributed by atoms with van der Waals surface area (Å²) >= 11 is 1.23. The molecule has 126 valence electrons. The zero-order valence-corrected chi connectivity index (χ0v) is 14.3. The molecular formula is C18H20N2O3S. The number of amides is 1. The quantitative estimate of drug-likeness (QED) is 0.617. The van der Waals surface area contributed by atoms with Gasteiger partial charge in [-0.15, -0.1) is 0 Å². The molecule has 1 aliphatic heterocycles. The van der Waals surface area contributed by atoms with E-state index in [2.05, 4.69) is 10.2 Å². The van der Waals surface area contributed by atoms with E-state index < -0.39 is 0 Å². The summed E-state index contributed by atoms with van der Waals surface area (Å²) in [6.07, 6.45) is 0. The molecule has 0 saturated carbocycles. The molecule has 0 spiro atoms. The van der Waals surface area contributed by atoms with Crippen LogP contribution in [0.3, 0.4) is 0 Å². The summed E-state index contributed by atoms with van der Waals surface area (Å²) in [6, 6.07) is 13.0. The zero-order chi connectivity index (χ0) is 16.9. The van der Waals surface area contributed by atoms with E-state index in [0.29, 0.717) is 24.4 Å². The van der Waals surface area contributed by atoms with E-state index >= 15 is 0 Å². The van der Waals surface area contributed by atoms with Crippen LogP contribution in [0.15, 0.2) is 46.9 Å². The number of benzene rings is 1. The zero-order valence-electron chi connectivity index (χ0n) is 13.5. The molecule has 2 heterocycles. The molecule has 5 nitrogen and oxygen atoms in total. The molecule has 0 bridgehead atoms. The van der Waals surface area contributed by atoms with Gasteiger partial charge in [0.25, 0.3) is 0 Å². The maximum atomic E-state index is 12.0. The summed E-state index contributed by atoms with van der Waals surface area (Å²) in [5.41, 5.74) is 0.691. The van der Waals surface area contributed by atoms with Crippen LogP contribution in [0.5, 0.6) is 0 Å². The topological polar surface area (TPSA) is 62.3 Å². The lowest BCUT2D eigenvalue weighted by Crippen LogP contribution is -2.31. The number of nitrogens with zero attached hydrogens (tertiary/aromatic N) is 1. The largest absolute Gasteiger partial charge is 0.465 e. The Labute approximate surface area is 145 Å². The number of nitrogens with one attached hydrogen (secondary N) is 1. The van der Waals surface area contributed by atoms with Crippen molar-refractivity contribution in [3.05, 3.63) is 59.5 Å². The van der Waals surface area contributed by atoms with Crippen molar-refractivity contribution in [3.8, 4) is 0 Å². The molecule has 2 atom stereocenters. The van der Waals surface area contributed by atoms with Gasteiger partial charge in [-0.2, -0.15) is 0 Å². The van der Waals surface area contributed by atoms with Gasteiger partial charge in [0, 0.05) is 24.4 Å². The summed E-state index contributed by atoms with van der Waals surface area (Å²) in [5.74, 6) is 2.36. The first-order valence-corrected chi connectivity index (χ1v) is 8.91. The third-order valence-corrected chi connectivity index (χ3v) is 4.72. The number of thioether (sulfide) groups is 1. The minimum absolute atomic E-state index is 0.0195. The molecule has 3 rings (SSSR count). The highest BCUT2D eigenvalue weighted by Gasteiger charge is 2.40. The van der Waals surface area contributed by atoms with Crippen molar-refractivity contribution in [2.24, 2.45) is 0 Å². The van der Waals surface area contributed by atoms with Crippen LogP contribution in [0.4, 0.5) is 0 Å². The standard InChI is InChI=1S/C18H20N2O3S/c1-13-7-8-15(23-13)11-20-12-16(20)17(21)19-9-10-24-18(22)14-5-3-2-4-6-14/h2-8,16H,9-12H2,1H3,(H,19,21). The van der Waals surface area contributed by atoms with Gasteiger partial charge in [-0.25, -0.2) is 0 Å². The number of hydrogen-bond donors (Lipinski definition) is 1.